The van der Waals surface area contributed by atoms with Crippen molar-refractivity contribution in [2.24, 2.45) is 5.73 Å². The van der Waals surface area contributed by atoms with Crippen molar-refractivity contribution in [1.29, 1.82) is 0 Å². The lowest BCUT2D eigenvalue weighted by Gasteiger charge is -2.15. The molecule has 1 aliphatic carbocycles. The number of hydrogen-bond acceptors (Lipinski definition) is 3. The van der Waals surface area contributed by atoms with Gasteiger partial charge in [-0.15, -0.1) is 0 Å². The van der Waals surface area contributed by atoms with Gasteiger partial charge in [-0.3, -0.25) is 0 Å². The fourth-order valence-electron chi connectivity index (χ4n) is 1.87. The second kappa shape index (κ2) is 6.21. The highest BCUT2D eigenvalue weighted by atomic mass is 16.5. The quantitative estimate of drug-likeness (QED) is 0.807. The van der Waals surface area contributed by atoms with Gasteiger partial charge in [0.05, 0.1) is 12.2 Å². The number of methoxy groups -OCH3 is 1. The molecule has 1 saturated carbocycles. The molecule has 2 rings (SSSR count). The fraction of sp³-hybridized carbons (Fsp3) is 0.600. The molecule has 1 aromatic carbocycles. The van der Waals surface area contributed by atoms with Gasteiger partial charge in [-0.2, -0.15) is 0 Å². The van der Waals surface area contributed by atoms with E-state index in [2.05, 4.69) is 19.1 Å². The molecule has 2 N–H and O–H groups in total. The van der Waals surface area contributed by atoms with E-state index in [4.69, 9.17) is 15.2 Å². The van der Waals surface area contributed by atoms with Gasteiger partial charge in [-0.05, 0) is 50.3 Å². The molecule has 3 heteroatoms. The van der Waals surface area contributed by atoms with Gasteiger partial charge >= 0.3 is 0 Å². The average molecular weight is 249 g/mol. The standard InChI is InChI=1S/C15H23NO2/c1-11(17-2)3-10-15(16)12-4-6-13(7-5-12)18-14-8-9-14/h4-7,11,14-15H,3,8-10,16H2,1-2H3. The minimum absolute atomic E-state index is 0.0811. The van der Waals surface area contributed by atoms with Crippen LogP contribution >= 0.6 is 0 Å². The molecule has 0 saturated heterocycles. The van der Waals surface area contributed by atoms with E-state index in [0.29, 0.717) is 6.10 Å². The molecule has 0 heterocycles. The van der Waals surface area contributed by atoms with Crippen molar-refractivity contribution >= 4 is 0 Å². The number of nitrogens with two attached hydrogens (primary N) is 1. The van der Waals surface area contributed by atoms with E-state index in [9.17, 15) is 0 Å². The number of rotatable bonds is 7. The van der Waals surface area contributed by atoms with Crippen molar-refractivity contribution in [3.63, 3.8) is 0 Å². The molecule has 1 aliphatic rings. The third-order valence-corrected chi connectivity index (χ3v) is 3.42. The number of hydrogen-bond donors (Lipinski definition) is 1. The maximum atomic E-state index is 6.17. The topological polar surface area (TPSA) is 44.5 Å². The largest absolute Gasteiger partial charge is 0.490 e. The summed E-state index contributed by atoms with van der Waals surface area (Å²) < 4.78 is 10.9. The Labute approximate surface area is 109 Å². The van der Waals surface area contributed by atoms with Crippen LogP contribution in [0.4, 0.5) is 0 Å². The van der Waals surface area contributed by atoms with Crippen molar-refractivity contribution in [2.75, 3.05) is 7.11 Å². The SMILES string of the molecule is COC(C)CCC(N)c1ccc(OC2CC2)cc1. The highest BCUT2D eigenvalue weighted by Crippen LogP contribution is 2.27. The third-order valence-electron chi connectivity index (χ3n) is 3.42. The highest BCUT2D eigenvalue weighted by molar-refractivity contribution is 5.29. The summed E-state index contributed by atoms with van der Waals surface area (Å²) in [5, 5.41) is 0. The Morgan fingerprint density at radius 3 is 2.44 bits per heavy atom. The first-order valence-electron chi connectivity index (χ1n) is 6.74. The van der Waals surface area contributed by atoms with E-state index >= 15 is 0 Å². The molecule has 2 unspecified atom stereocenters. The second-order valence-corrected chi connectivity index (χ2v) is 5.12. The van der Waals surface area contributed by atoms with E-state index < -0.39 is 0 Å². The molecular weight excluding hydrogens is 226 g/mol. The molecule has 1 aromatic rings. The van der Waals surface area contributed by atoms with Gasteiger partial charge in [-0.25, -0.2) is 0 Å². The van der Waals surface area contributed by atoms with Gasteiger partial charge in [0.15, 0.2) is 0 Å². The first kappa shape index (κ1) is 13.4. The Morgan fingerprint density at radius 2 is 1.89 bits per heavy atom. The molecule has 0 aliphatic heterocycles. The molecule has 1 fully saturated rings. The van der Waals surface area contributed by atoms with Crippen LogP contribution in [-0.4, -0.2) is 19.3 Å². The summed E-state index contributed by atoms with van der Waals surface area (Å²) in [6, 6.07) is 8.26. The van der Waals surface area contributed by atoms with E-state index in [1.807, 2.05) is 12.1 Å². The zero-order valence-electron chi connectivity index (χ0n) is 11.3. The zero-order chi connectivity index (χ0) is 13.0. The van der Waals surface area contributed by atoms with Crippen molar-refractivity contribution in [3.8, 4) is 5.75 Å². The van der Waals surface area contributed by atoms with Crippen molar-refractivity contribution in [3.05, 3.63) is 29.8 Å². The van der Waals surface area contributed by atoms with Crippen molar-refractivity contribution < 1.29 is 9.47 Å². The molecule has 0 spiro atoms. The van der Waals surface area contributed by atoms with E-state index in [1.165, 1.54) is 18.4 Å². The van der Waals surface area contributed by atoms with E-state index in [1.54, 1.807) is 7.11 Å². The third kappa shape index (κ3) is 4.00. The van der Waals surface area contributed by atoms with Gasteiger partial charge in [0, 0.05) is 13.2 Å². The van der Waals surface area contributed by atoms with Crippen molar-refractivity contribution in [2.45, 2.75) is 50.9 Å². The lowest BCUT2D eigenvalue weighted by atomic mass is 10.0. The number of ether oxygens (including phenoxy) is 2. The molecule has 0 amide bonds. The summed E-state index contributed by atoms with van der Waals surface area (Å²) in [6.07, 6.45) is 5.03. The molecule has 3 nitrogen and oxygen atoms in total. The van der Waals surface area contributed by atoms with Crippen LogP contribution in [-0.2, 0) is 4.74 Å². The summed E-state index contributed by atoms with van der Waals surface area (Å²) >= 11 is 0. The Bertz CT molecular complexity index is 359. The van der Waals surface area contributed by atoms with Crippen LogP contribution in [0.3, 0.4) is 0 Å². The molecule has 0 aromatic heterocycles. The van der Waals surface area contributed by atoms with Crippen LogP contribution in [0.25, 0.3) is 0 Å². The van der Waals surface area contributed by atoms with Gasteiger partial charge in [0.25, 0.3) is 0 Å². The monoisotopic (exact) mass is 249 g/mol. The van der Waals surface area contributed by atoms with E-state index in [0.717, 1.165) is 18.6 Å². The maximum Gasteiger partial charge on any atom is 0.119 e. The van der Waals surface area contributed by atoms with Gasteiger partial charge in [0.1, 0.15) is 5.75 Å². The summed E-state index contributed by atoms with van der Waals surface area (Å²) in [5.74, 6) is 0.957. The molecular formula is C15H23NO2. The van der Waals surface area contributed by atoms with E-state index in [-0.39, 0.29) is 12.1 Å². The summed E-state index contributed by atoms with van der Waals surface area (Å²) in [5.41, 5.74) is 7.33. The minimum atomic E-state index is 0.0811. The predicted molar refractivity (Wildman–Crippen MR) is 72.7 cm³/mol. The van der Waals surface area contributed by atoms with Crippen LogP contribution in [0.15, 0.2) is 24.3 Å². The van der Waals surface area contributed by atoms with Crippen LogP contribution in [0.2, 0.25) is 0 Å². The smallest absolute Gasteiger partial charge is 0.119 e. The van der Waals surface area contributed by atoms with Crippen LogP contribution in [0.1, 0.15) is 44.2 Å². The maximum absolute atomic E-state index is 6.17. The predicted octanol–water partition coefficient (Wildman–Crippen LogP) is 3.04. The zero-order valence-corrected chi connectivity index (χ0v) is 11.3. The Hall–Kier alpha value is -1.06. The Balaban J connectivity index is 1.83. The number of benzene rings is 1. The normalized spacial score (nSPS) is 18.4. The Morgan fingerprint density at radius 1 is 1.22 bits per heavy atom. The van der Waals surface area contributed by atoms with Gasteiger partial charge in [-0.1, -0.05) is 12.1 Å². The van der Waals surface area contributed by atoms with Crippen LogP contribution in [0.5, 0.6) is 5.75 Å². The minimum Gasteiger partial charge on any atom is -0.490 e. The molecule has 2 atom stereocenters. The second-order valence-electron chi connectivity index (χ2n) is 5.12. The molecule has 100 valence electrons. The van der Waals surface area contributed by atoms with Crippen LogP contribution < -0.4 is 10.5 Å². The van der Waals surface area contributed by atoms with Gasteiger partial charge < -0.3 is 15.2 Å². The summed E-state index contributed by atoms with van der Waals surface area (Å²) in [4.78, 5) is 0. The lowest BCUT2D eigenvalue weighted by molar-refractivity contribution is 0.107. The summed E-state index contributed by atoms with van der Waals surface area (Å²) in [6.45, 7) is 2.07. The van der Waals surface area contributed by atoms with Crippen LogP contribution in [0, 0.1) is 0 Å². The molecule has 0 bridgehead atoms. The first-order valence-corrected chi connectivity index (χ1v) is 6.74. The first-order chi connectivity index (χ1) is 8.69. The van der Waals surface area contributed by atoms with Crippen molar-refractivity contribution in [1.82, 2.24) is 0 Å². The summed E-state index contributed by atoms with van der Waals surface area (Å²) in [7, 11) is 1.74. The molecule has 18 heavy (non-hydrogen) atoms. The average Bonchev–Trinajstić information content (AvgIpc) is 3.20. The lowest BCUT2D eigenvalue weighted by Crippen LogP contribution is -2.14. The fourth-order valence-corrected chi connectivity index (χ4v) is 1.87. The highest BCUT2D eigenvalue weighted by Gasteiger charge is 2.23. The van der Waals surface area contributed by atoms with Gasteiger partial charge in [0.2, 0.25) is 0 Å². The Kier molecular flexibility index (Phi) is 4.61. The molecule has 0 radical (unpaired) electrons.